The number of Topliss-reactive ketones (excluding diaryl/α,β-unsaturated/α-hetero) is 1. The Morgan fingerprint density at radius 1 is 1.00 bits per heavy atom. The number of ketones is 1. The van der Waals surface area contributed by atoms with Crippen LogP contribution in [0.2, 0.25) is 0 Å². The topological polar surface area (TPSA) is 109 Å². The van der Waals surface area contributed by atoms with E-state index in [1.807, 2.05) is 42.2 Å². The molecule has 0 aromatic heterocycles. The largest absolute Gasteiger partial charge is 0.339 e. The molecule has 0 atom stereocenters. The maximum absolute atomic E-state index is 13.3. The van der Waals surface area contributed by atoms with Crippen molar-refractivity contribution in [2.75, 3.05) is 18.4 Å². The van der Waals surface area contributed by atoms with E-state index in [2.05, 4.69) is 28.1 Å². The van der Waals surface area contributed by atoms with Crippen LogP contribution in [0, 0.1) is 29.0 Å². The second-order valence-corrected chi connectivity index (χ2v) is 9.30. The Labute approximate surface area is 203 Å². The third-order valence-corrected chi connectivity index (χ3v) is 7.40. The van der Waals surface area contributed by atoms with Crippen molar-refractivity contribution >= 4 is 27.6 Å². The molecular weight excluding hydrogens is 480 g/mol. The predicted molar refractivity (Wildman–Crippen MR) is 128 cm³/mol. The van der Waals surface area contributed by atoms with Gasteiger partial charge in [-0.15, -0.1) is 0 Å². The van der Waals surface area contributed by atoms with Gasteiger partial charge < -0.3 is 4.90 Å². The second-order valence-electron chi connectivity index (χ2n) is 8.74. The Balaban J connectivity index is 0.00000149. The van der Waals surface area contributed by atoms with Crippen molar-refractivity contribution in [2.45, 2.75) is 50.9 Å². The van der Waals surface area contributed by atoms with E-state index in [4.69, 9.17) is 16.0 Å². The smallest absolute Gasteiger partial charge is 0.254 e. The molecule has 2 aromatic rings. The summed E-state index contributed by atoms with van der Waals surface area (Å²) in [5.41, 5.74) is 5.35. The maximum atomic E-state index is 13.3. The fraction of sp³-hybridized carbons (Fsp3) is 0.423. The number of rotatable bonds is 5. The first-order valence-corrected chi connectivity index (χ1v) is 12.4. The van der Waals surface area contributed by atoms with Crippen LogP contribution in [0.3, 0.4) is 0 Å². The summed E-state index contributed by atoms with van der Waals surface area (Å²) in [6.45, 7) is 3.39. The van der Waals surface area contributed by atoms with Crippen LogP contribution in [0.5, 0.6) is 0 Å². The molecule has 1 aliphatic carbocycles. The first kappa shape index (κ1) is 24.6. The van der Waals surface area contributed by atoms with E-state index in [1.165, 1.54) is 12.0 Å². The molecule has 0 spiro atoms. The maximum Gasteiger partial charge on any atom is 0.254 e. The van der Waals surface area contributed by atoms with Gasteiger partial charge >= 0.3 is 0 Å². The summed E-state index contributed by atoms with van der Waals surface area (Å²) in [6.07, 6.45) is 5.27. The minimum atomic E-state index is 0.0274. The van der Waals surface area contributed by atoms with Crippen molar-refractivity contribution in [2.24, 2.45) is 0 Å². The number of hydrogen-bond donors (Lipinski definition) is 0. The molecule has 2 aromatic carbocycles. The highest BCUT2D eigenvalue weighted by Gasteiger charge is 2.29. The molecule has 0 unspecified atom stereocenters. The number of likely N-dealkylation sites (tertiary alicyclic amines) is 1. The van der Waals surface area contributed by atoms with Gasteiger partial charge in [0.05, 0.1) is 17.0 Å². The SMILES string of the molecule is Cc1cc(C2CCC2)c(C(=O)CBr)cc1C(=O)N1CCC(c2ccc(C#N)cc2)CC1.N#N. The van der Waals surface area contributed by atoms with Crippen molar-refractivity contribution in [1.82, 2.24) is 4.90 Å². The lowest BCUT2D eigenvalue weighted by atomic mass is 9.76. The van der Waals surface area contributed by atoms with Gasteiger partial charge in [0.25, 0.3) is 5.91 Å². The predicted octanol–water partition coefficient (Wildman–Crippen LogP) is 5.76. The van der Waals surface area contributed by atoms with E-state index in [-0.39, 0.29) is 17.0 Å². The number of hydrogen-bond acceptors (Lipinski definition) is 5. The lowest BCUT2D eigenvalue weighted by Gasteiger charge is -2.33. The molecule has 6 nitrogen and oxygen atoms in total. The zero-order chi connectivity index (χ0) is 24.0. The quantitative estimate of drug-likeness (QED) is 0.290. The van der Waals surface area contributed by atoms with Crippen LogP contribution in [0.1, 0.15) is 86.9 Å². The number of nitrogens with zero attached hydrogens (tertiary/aromatic N) is 4. The van der Waals surface area contributed by atoms with Gasteiger partial charge in [-0.25, -0.2) is 0 Å². The van der Waals surface area contributed by atoms with Gasteiger partial charge in [-0.2, -0.15) is 5.26 Å². The van der Waals surface area contributed by atoms with Crippen LogP contribution in [0.25, 0.3) is 0 Å². The fourth-order valence-electron chi connectivity index (χ4n) is 4.75. The van der Waals surface area contributed by atoms with Crippen molar-refractivity contribution in [3.05, 3.63) is 69.8 Å². The van der Waals surface area contributed by atoms with Gasteiger partial charge in [0.1, 0.15) is 0 Å². The highest BCUT2D eigenvalue weighted by Crippen LogP contribution is 2.39. The molecule has 0 N–H and O–H groups in total. The van der Waals surface area contributed by atoms with Gasteiger partial charge in [0, 0.05) is 35.0 Å². The summed E-state index contributed by atoms with van der Waals surface area (Å²) < 4.78 is 0. The molecule has 2 fully saturated rings. The molecule has 4 rings (SSSR count). The highest BCUT2D eigenvalue weighted by molar-refractivity contribution is 9.09. The van der Waals surface area contributed by atoms with E-state index in [0.717, 1.165) is 36.8 Å². The minimum absolute atomic E-state index is 0.0274. The number of benzene rings is 2. The molecule has 1 saturated heterocycles. The van der Waals surface area contributed by atoms with Crippen molar-refractivity contribution in [3.8, 4) is 6.07 Å². The highest BCUT2D eigenvalue weighted by atomic mass is 79.9. The molecular formula is C26H27BrN4O2. The fourth-order valence-corrected chi connectivity index (χ4v) is 5.05. The summed E-state index contributed by atoms with van der Waals surface area (Å²) in [5, 5.41) is 21.3. The number of halogens is 1. The van der Waals surface area contributed by atoms with E-state index >= 15 is 0 Å². The molecule has 0 radical (unpaired) electrons. The second kappa shape index (κ2) is 11.2. The van der Waals surface area contributed by atoms with E-state index in [0.29, 0.717) is 41.6 Å². The summed E-state index contributed by atoms with van der Waals surface area (Å²) in [4.78, 5) is 27.9. The first-order chi connectivity index (χ1) is 16.0. The number of carbonyl (C=O) groups excluding carboxylic acids is 2. The molecule has 1 aliphatic heterocycles. The van der Waals surface area contributed by atoms with Gasteiger partial charge in [0.15, 0.2) is 5.78 Å². The molecule has 1 amide bonds. The van der Waals surface area contributed by atoms with Crippen LogP contribution >= 0.6 is 15.9 Å². The van der Waals surface area contributed by atoms with Gasteiger partial charge in [-0.05, 0) is 79.3 Å². The summed E-state index contributed by atoms with van der Waals surface area (Å²) in [5.74, 6) is 0.934. The van der Waals surface area contributed by atoms with Crippen molar-refractivity contribution in [3.63, 3.8) is 0 Å². The number of carbonyl (C=O) groups is 2. The van der Waals surface area contributed by atoms with Crippen molar-refractivity contribution in [1.29, 1.82) is 16.0 Å². The van der Waals surface area contributed by atoms with Gasteiger partial charge in [-0.1, -0.05) is 40.5 Å². The van der Waals surface area contributed by atoms with Crippen LogP contribution < -0.4 is 0 Å². The van der Waals surface area contributed by atoms with Gasteiger partial charge in [-0.3, -0.25) is 9.59 Å². The summed E-state index contributed by atoms with van der Waals surface area (Å²) >= 11 is 3.31. The van der Waals surface area contributed by atoms with Crippen LogP contribution in [0.4, 0.5) is 0 Å². The van der Waals surface area contributed by atoms with Crippen LogP contribution in [0.15, 0.2) is 36.4 Å². The number of amides is 1. The molecule has 2 aliphatic rings. The Hall–Kier alpha value is -3.03. The van der Waals surface area contributed by atoms with Gasteiger partial charge in [0.2, 0.25) is 0 Å². The lowest BCUT2D eigenvalue weighted by molar-refractivity contribution is 0.0712. The Morgan fingerprint density at radius 2 is 1.64 bits per heavy atom. The Morgan fingerprint density at radius 3 is 2.15 bits per heavy atom. The molecule has 1 saturated carbocycles. The van der Waals surface area contributed by atoms with E-state index < -0.39 is 0 Å². The first-order valence-electron chi connectivity index (χ1n) is 11.2. The lowest BCUT2D eigenvalue weighted by Crippen LogP contribution is -2.38. The molecule has 170 valence electrons. The average molecular weight is 507 g/mol. The minimum Gasteiger partial charge on any atom is -0.339 e. The number of piperidine rings is 1. The number of alkyl halides is 1. The molecule has 33 heavy (non-hydrogen) atoms. The molecule has 7 heteroatoms. The number of nitriles is 1. The zero-order valence-corrected chi connectivity index (χ0v) is 20.3. The third kappa shape index (κ3) is 5.31. The number of aryl methyl sites for hydroxylation is 1. The average Bonchev–Trinajstić information content (AvgIpc) is 2.83. The van der Waals surface area contributed by atoms with Crippen LogP contribution in [-0.2, 0) is 0 Å². The van der Waals surface area contributed by atoms with E-state index in [9.17, 15) is 9.59 Å². The van der Waals surface area contributed by atoms with Crippen molar-refractivity contribution < 1.29 is 9.59 Å². The standard InChI is InChI=1S/C26H27BrN2O2.N2/c1-17-13-23(21-3-2-4-21)24(25(30)15-27)14-22(17)26(31)29-11-9-20(10-12-29)19-7-5-18(16-28)6-8-19;1-2/h5-8,13-14,20-21H,2-4,9-12,15H2,1H3;. The summed E-state index contributed by atoms with van der Waals surface area (Å²) in [6, 6.07) is 13.9. The Kier molecular flexibility index (Phi) is 8.36. The molecule has 1 heterocycles. The zero-order valence-electron chi connectivity index (χ0n) is 18.8. The van der Waals surface area contributed by atoms with E-state index in [1.54, 1.807) is 0 Å². The van der Waals surface area contributed by atoms with Crippen LogP contribution in [-0.4, -0.2) is 35.0 Å². The molecule has 0 bridgehead atoms. The Bertz CT molecular complexity index is 1080. The summed E-state index contributed by atoms with van der Waals surface area (Å²) in [7, 11) is 0. The monoisotopic (exact) mass is 506 g/mol. The third-order valence-electron chi connectivity index (χ3n) is 6.89. The normalized spacial score (nSPS) is 16.2.